The Morgan fingerprint density at radius 1 is 1.19 bits per heavy atom. The molecule has 0 aliphatic heterocycles. The zero-order valence-corrected chi connectivity index (χ0v) is 11.7. The van der Waals surface area contributed by atoms with E-state index in [9.17, 15) is 4.79 Å². The molecule has 1 aromatic heterocycles. The number of amides is 1. The smallest absolute Gasteiger partial charge is 0.248 e. The van der Waals surface area contributed by atoms with Gasteiger partial charge in [0.2, 0.25) is 5.91 Å². The molecule has 0 bridgehead atoms. The molecule has 0 fully saturated rings. The van der Waals surface area contributed by atoms with Crippen LogP contribution in [0, 0.1) is 0 Å². The minimum atomic E-state index is -0.0337. The Morgan fingerprint density at radius 2 is 1.90 bits per heavy atom. The van der Waals surface area contributed by atoms with E-state index in [1.165, 1.54) is 0 Å². The average Bonchev–Trinajstić information content (AvgIpc) is 2.91. The molecule has 3 aromatic rings. The number of para-hydroxylation sites is 1. The number of benzene rings is 2. The minimum absolute atomic E-state index is 0.0337. The van der Waals surface area contributed by atoms with Gasteiger partial charge in [-0.2, -0.15) is 5.10 Å². The first-order valence-electron chi connectivity index (χ1n) is 6.68. The van der Waals surface area contributed by atoms with Gasteiger partial charge in [0, 0.05) is 23.8 Å². The highest BCUT2D eigenvalue weighted by molar-refractivity contribution is 5.93. The van der Waals surface area contributed by atoms with Crippen LogP contribution in [0.5, 0.6) is 0 Å². The van der Waals surface area contributed by atoms with E-state index in [0.29, 0.717) is 5.69 Å². The lowest BCUT2D eigenvalue weighted by atomic mass is 10.2. The van der Waals surface area contributed by atoms with Crippen molar-refractivity contribution < 1.29 is 4.79 Å². The fourth-order valence-electron chi connectivity index (χ4n) is 2.23. The van der Waals surface area contributed by atoms with Crippen LogP contribution < -0.4 is 10.6 Å². The van der Waals surface area contributed by atoms with Crippen molar-refractivity contribution in [2.45, 2.75) is 6.54 Å². The fourth-order valence-corrected chi connectivity index (χ4v) is 2.23. The topological polar surface area (TPSA) is 64.2 Å². The Morgan fingerprint density at radius 3 is 2.67 bits per heavy atom. The monoisotopic (exact) mass is 280 g/mol. The van der Waals surface area contributed by atoms with Crippen molar-refractivity contribution in [1.29, 1.82) is 0 Å². The maximum Gasteiger partial charge on any atom is 0.248 e. The van der Waals surface area contributed by atoms with Crippen LogP contribution in [0.4, 0.5) is 11.4 Å². The Balaban J connectivity index is 1.81. The average molecular weight is 280 g/mol. The lowest BCUT2D eigenvalue weighted by molar-refractivity contribution is -0.119. The van der Waals surface area contributed by atoms with E-state index >= 15 is 0 Å². The zero-order valence-electron chi connectivity index (χ0n) is 11.7. The van der Waals surface area contributed by atoms with Crippen LogP contribution >= 0.6 is 0 Å². The van der Waals surface area contributed by atoms with Gasteiger partial charge in [-0.15, -0.1) is 0 Å². The zero-order chi connectivity index (χ0) is 14.8. The van der Waals surface area contributed by atoms with Crippen molar-refractivity contribution in [3.63, 3.8) is 0 Å². The molecule has 1 amide bonds. The number of carbonyl (C=O) groups excluding carboxylic acids is 1. The summed E-state index contributed by atoms with van der Waals surface area (Å²) in [4.78, 5) is 14.0. The molecule has 21 heavy (non-hydrogen) atoms. The SMILES string of the molecule is CN(C(=O)Cn1ncc2ccccc21)c1ccc(N)cc1. The molecule has 0 saturated heterocycles. The molecule has 0 unspecified atom stereocenters. The molecule has 0 aliphatic rings. The molecular weight excluding hydrogens is 264 g/mol. The molecule has 0 atom stereocenters. The third-order valence-corrected chi connectivity index (χ3v) is 3.49. The quantitative estimate of drug-likeness (QED) is 0.749. The molecule has 1 heterocycles. The molecule has 2 N–H and O–H groups in total. The number of hydrogen-bond donors (Lipinski definition) is 1. The first-order valence-corrected chi connectivity index (χ1v) is 6.68. The number of fused-ring (bicyclic) bond motifs is 1. The van der Waals surface area contributed by atoms with Crippen LogP contribution in [0.3, 0.4) is 0 Å². The van der Waals surface area contributed by atoms with Gasteiger partial charge in [-0.3, -0.25) is 9.48 Å². The number of hydrogen-bond acceptors (Lipinski definition) is 3. The maximum absolute atomic E-state index is 12.4. The van der Waals surface area contributed by atoms with Crippen LogP contribution in [-0.2, 0) is 11.3 Å². The predicted octanol–water partition coefficient (Wildman–Crippen LogP) is 2.28. The molecule has 3 rings (SSSR count). The molecule has 0 saturated carbocycles. The number of aromatic nitrogens is 2. The highest BCUT2D eigenvalue weighted by atomic mass is 16.2. The lowest BCUT2D eigenvalue weighted by Crippen LogP contribution is -2.30. The molecule has 5 heteroatoms. The van der Waals surface area contributed by atoms with E-state index in [1.54, 1.807) is 35.0 Å². The second kappa shape index (κ2) is 5.28. The van der Waals surface area contributed by atoms with E-state index in [1.807, 2.05) is 36.4 Å². The van der Waals surface area contributed by atoms with Crippen LogP contribution in [0.25, 0.3) is 10.9 Å². The summed E-state index contributed by atoms with van der Waals surface area (Å²) in [7, 11) is 1.75. The molecule has 0 spiro atoms. The van der Waals surface area contributed by atoms with Crippen LogP contribution in [0.1, 0.15) is 0 Å². The van der Waals surface area contributed by atoms with Gasteiger partial charge in [0.1, 0.15) is 6.54 Å². The van der Waals surface area contributed by atoms with Crippen molar-refractivity contribution in [1.82, 2.24) is 9.78 Å². The van der Waals surface area contributed by atoms with Gasteiger partial charge in [0.25, 0.3) is 0 Å². The lowest BCUT2D eigenvalue weighted by Gasteiger charge is -2.17. The van der Waals surface area contributed by atoms with Gasteiger partial charge in [-0.25, -0.2) is 0 Å². The largest absolute Gasteiger partial charge is 0.399 e. The van der Waals surface area contributed by atoms with Gasteiger partial charge in [0.15, 0.2) is 0 Å². The number of carbonyl (C=O) groups is 1. The number of likely N-dealkylation sites (N-methyl/N-ethyl adjacent to an activating group) is 1. The number of nitrogens with zero attached hydrogens (tertiary/aromatic N) is 3. The molecule has 0 aliphatic carbocycles. The summed E-state index contributed by atoms with van der Waals surface area (Å²) in [5.74, 6) is -0.0337. The van der Waals surface area contributed by atoms with Crippen LogP contribution in [0.15, 0.2) is 54.7 Å². The minimum Gasteiger partial charge on any atom is -0.399 e. The van der Waals surface area contributed by atoms with Gasteiger partial charge in [0.05, 0.1) is 11.7 Å². The Hall–Kier alpha value is -2.82. The van der Waals surface area contributed by atoms with Crippen molar-refractivity contribution in [2.75, 3.05) is 17.7 Å². The molecule has 5 nitrogen and oxygen atoms in total. The number of nitrogen functional groups attached to an aromatic ring is 1. The summed E-state index contributed by atoms with van der Waals surface area (Å²) in [6.45, 7) is 0.203. The Bertz CT molecular complexity index is 776. The van der Waals surface area contributed by atoms with Gasteiger partial charge in [-0.05, 0) is 30.3 Å². The maximum atomic E-state index is 12.4. The van der Waals surface area contributed by atoms with E-state index in [4.69, 9.17) is 5.73 Å². The van der Waals surface area contributed by atoms with Crippen molar-refractivity contribution in [3.8, 4) is 0 Å². The molecule has 0 radical (unpaired) electrons. The summed E-state index contributed by atoms with van der Waals surface area (Å²) in [6.07, 6.45) is 1.77. The number of anilines is 2. The van der Waals surface area contributed by atoms with Gasteiger partial charge in [-0.1, -0.05) is 18.2 Å². The Labute approximate surface area is 122 Å². The van der Waals surface area contributed by atoms with Crippen molar-refractivity contribution in [3.05, 3.63) is 54.7 Å². The molecule has 106 valence electrons. The Kier molecular flexibility index (Phi) is 3.31. The first-order chi connectivity index (χ1) is 10.1. The highest BCUT2D eigenvalue weighted by Gasteiger charge is 2.13. The van der Waals surface area contributed by atoms with E-state index in [0.717, 1.165) is 16.6 Å². The van der Waals surface area contributed by atoms with Gasteiger partial charge < -0.3 is 10.6 Å². The third kappa shape index (κ3) is 2.58. The summed E-state index contributed by atoms with van der Waals surface area (Å²) in [5.41, 5.74) is 8.10. The highest BCUT2D eigenvalue weighted by Crippen LogP contribution is 2.17. The summed E-state index contributed by atoms with van der Waals surface area (Å²) in [5, 5.41) is 5.30. The second-order valence-corrected chi connectivity index (χ2v) is 4.91. The van der Waals surface area contributed by atoms with Crippen molar-refractivity contribution >= 4 is 28.2 Å². The summed E-state index contributed by atoms with van der Waals surface area (Å²) < 4.78 is 1.71. The summed E-state index contributed by atoms with van der Waals surface area (Å²) >= 11 is 0. The third-order valence-electron chi connectivity index (χ3n) is 3.49. The van der Waals surface area contributed by atoms with E-state index in [2.05, 4.69) is 5.10 Å². The van der Waals surface area contributed by atoms with Crippen LogP contribution in [-0.4, -0.2) is 22.7 Å². The molecular formula is C16H16N4O. The normalized spacial score (nSPS) is 10.7. The van der Waals surface area contributed by atoms with E-state index in [-0.39, 0.29) is 12.5 Å². The number of rotatable bonds is 3. The predicted molar refractivity (Wildman–Crippen MR) is 84.0 cm³/mol. The second-order valence-electron chi connectivity index (χ2n) is 4.91. The van der Waals surface area contributed by atoms with Crippen molar-refractivity contribution in [2.24, 2.45) is 0 Å². The summed E-state index contributed by atoms with van der Waals surface area (Å²) in [6, 6.07) is 15.0. The standard InChI is InChI=1S/C16H16N4O/c1-19(14-8-6-13(17)7-9-14)16(21)11-20-15-5-3-2-4-12(15)10-18-20/h2-10H,11,17H2,1H3. The van der Waals surface area contributed by atoms with E-state index < -0.39 is 0 Å². The van der Waals surface area contributed by atoms with Gasteiger partial charge >= 0.3 is 0 Å². The molecule has 2 aromatic carbocycles. The fraction of sp³-hybridized carbons (Fsp3) is 0.125. The first kappa shape index (κ1) is 13.2. The van der Waals surface area contributed by atoms with Crippen LogP contribution in [0.2, 0.25) is 0 Å². The number of nitrogens with two attached hydrogens (primary N) is 1.